The molecule has 27 heavy (non-hydrogen) atoms. The van der Waals surface area contributed by atoms with Gasteiger partial charge in [-0.2, -0.15) is 0 Å². The van der Waals surface area contributed by atoms with Crippen LogP contribution in [0.5, 0.6) is 0 Å². The summed E-state index contributed by atoms with van der Waals surface area (Å²) in [6, 6.07) is 5.03. The smallest absolute Gasteiger partial charge is 0.408 e. The summed E-state index contributed by atoms with van der Waals surface area (Å²) >= 11 is 0. The number of hydroxylamine groups is 2. The highest BCUT2D eigenvalue weighted by atomic mass is 16.7. The Kier molecular flexibility index (Phi) is 5.30. The highest BCUT2D eigenvalue weighted by Gasteiger charge is 2.42. The van der Waals surface area contributed by atoms with E-state index in [-0.39, 0.29) is 11.1 Å². The third-order valence-electron chi connectivity index (χ3n) is 3.70. The molecule has 1 atom stereocenters. The first kappa shape index (κ1) is 20.4. The van der Waals surface area contributed by atoms with Crippen molar-refractivity contribution in [2.24, 2.45) is 5.41 Å². The SMILES string of the molecule is CC(C)(C)OC(=O)NC(C(=O)ON1C(=O)c2ccccc2C1=O)C(C)(C)C. The number of ether oxygens (including phenoxy) is 1. The molecule has 0 fully saturated rings. The Balaban J connectivity index is 2.17. The van der Waals surface area contributed by atoms with Crippen LogP contribution >= 0.6 is 0 Å². The van der Waals surface area contributed by atoms with Crippen LogP contribution in [-0.4, -0.2) is 40.6 Å². The predicted molar refractivity (Wildman–Crippen MR) is 95.6 cm³/mol. The van der Waals surface area contributed by atoms with E-state index in [9.17, 15) is 19.2 Å². The van der Waals surface area contributed by atoms with Crippen LogP contribution < -0.4 is 5.32 Å². The number of amides is 3. The molecule has 2 rings (SSSR count). The second-order valence-electron chi connectivity index (χ2n) is 8.31. The highest BCUT2D eigenvalue weighted by Crippen LogP contribution is 2.26. The van der Waals surface area contributed by atoms with E-state index >= 15 is 0 Å². The van der Waals surface area contributed by atoms with Crippen LogP contribution in [0.2, 0.25) is 0 Å². The number of carbonyl (C=O) groups is 4. The number of hydrogen-bond acceptors (Lipinski definition) is 6. The van der Waals surface area contributed by atoms with Gasteiger partial charge in [-0.1, -0.05) is 38.0 Å². The van der Waals surface area contributed by atoms with E-state index in [0.717, 1.165) is 0 Å². The topological polar surface area (TPSA) is 102 Å². The highest BCUT2D eigenvalue weighted by molar-refractivity contribution is 6.20. The van der Waals surface area contributed by atoms with Crippen molar-refractivity contribution >= 4 is 23.9 Å². The second-order valence-corrected chi connectivity index (χ2v) is 8.31. The van der Waals surface area contributed by atoms with Crippen LogP contribution in [0.15, 0.2) is 24.3 Å². The van der Waals surface area contributed by atoms with E-state index < -0.39 is 40.9 Å². The first-order valence-electron chi connectivity index (χ1n) is 8.50. The fraction of sp³-hybridized carbons (Fsp3) is 0.474. The van der Waals surface area contributed by atoms with Gasteiger partial charge in [0.2, 0.25) is 0 Å². The lowest BCUT2D eigenvalue weighted by atomic mass is 9.87. The monoisotopic (exact) mass is 376 g/mol. The van der Waals surface area contributed by atoms with Crippen LogP contribution in [-0.2, 0) is 14.4 Å². The van der Waals surface area contributed by atoms with Gasteiger partial charge in [-0.25, -0.2) is 9.59 Å². The van der Waals surface area contributed by atoms with Crippen molar-refractivity contribution in [2.75, 3.05) is 0 Å². The molecule has 1 aliphatic heterocycles. The first-order chi connectivity index (χ1) is 12.3. The minimum atomic E-state index is -1.14. The van der Waals surface area contributed by atoms with Gasteiger partial charge in [0.1, 0.15) is 11.6 Å². The third-order valence-corrected chi connectivity index (χ3v) is 3.70. The summed E-state index contributed by atoms with van der Waals surface area (Å²) in [7, 11) is 0. The second kappa shape index (κ2) is 7.02. The summed E-state index contributed by atoms with van der Waals surface area (Å²) in [6.45, 7) is 10.2. The van der Waals surface area contributed by atoms with Crippen LogP contribution in [0.4, 0.5) is 4.79 Å². The van der Waals surface area contributed by atoms with Gasteiger partial charge in [0.05, 0.1) is 11.1 Å². The van der Waals surface area contributed by atoms with Crippen molar-refractivity contribution < 1.29 is 28.8 Å². The van der Waals surface area contributed by atoms with E-state index in [0.29, 0.717) is 5.06 Å². The van der Waals surface area contributed by atoms with Crippen LogP contribution in [0.1, 0.15) is 62.3 Å². The molecule has 8 heteroatoms. The van der Waals surface area contributed by atoms with E-state index in [1.54, 1.807) is 53.7 Å². The number of rotatable bonds is 3. The molecule has 146 valence electrons. The fourth-order valence-corrected chi connectivity index (χ4v) is 2.45. The maximum atomic E-state index is 12.7. The molecule has 0 spiro atoms. The lowest BCUT2D eigenvalue weighted by Crippen LogP contribution is -2.52. The largest absolute Gasteiger partial charge is 0.444 e. The number of carbonyl (C=O) groups excluding carboxylic acids is 4. The molecule has 1 N–H and O–H groups in total. The van der Waals surface area contributed by atoms with Gasteiger partial charge >= 0.3 is 12.1 Å². The zero-order valence-corrected chi connectivity index (χ0v) is 16.3. The van der Waals surface area contributed by atoms with Gasteiger partial charge in [0, 0.05) is 0 Å². The number of nitrogens with one attached hydrogen (secondary N) is 1. The molecule has 1 unspecified atom stereocenters. The normalized spacial score (nSPS) is 15.3. The van der Waals surface area contributed by atoms with Gasteiger partial charge in [-0.3, -0.25) is 9.59 Å². The molecule has 8 nitrogen and oxygen atoms in total. The number of imide groups is 1. The first-order valence-corrected chi connectivity index (χ1v) is 8.50. The van der Waals surface area contributed by atoms with Gasteiger partial charge in [-0.15, -0.1) is 0 Å². The lowest BCUT2D eigenvalue weighted by molar-refractivity contribution is -0.174. The molecule has 0 aromatic heterocycles. The lowest BCUT2D eigenvalue weighted by Gasteiger charge is -2.31. The van der Waals surface area contributed by atoms with Gasteiger partial charge in [0.25, 0.3) is 11.8 Å². The van der Waals surface area contributed by atoms with E-state index in [1.807, 2.05) is 0 Å². The number of benzene rings is 1. The van der Waals surface area contributed by atoms with Gasteiger partial charge in [-0.05, 0) is 38.3 Å². The summed E-state index contributed by atoms with van der Waals surface area (Å²) in [5, 5.41) is 2.87. The van der Waals surface area contributed by atoms with Crippen molar-refractivity contribution in [1.82, 2.24) is 10.4 Å². The molecule has 0 radical (unpaired) electrons. The summed E-state index contributed by atoms with van der Waals surface area (Å²) < 4.78 is 5.17. The Hall–Kier alpha value is -2.90. The molecular weight excluding hydrogens is 352 g/mol. The summed E-state index contributed by atoms with van der Waals surface area (Å²) in [6.07, 6.45) is -0.804. The predicted octanol–water partition coefficient (Wildman–Crippen LogP) is 2.68. The van der Waals surface area contributed by atoms with Gasteiger partial charge < -0.3 is 14.9 Å². The third kappa shape index (κ3) is 4.64. The minimum Gasteiger partial charge on any atom is -0.444 e. The molecular formula is C19H24N2O6. The summed E-state index contributed by atoms with van der Waals surface area (Å²) in [5.41, 5.74) is -1.20. The Morgan fingerprint density at radius 1 is 0.963 bits per heavy atom. The molecule has 1 aliphatic rings. The minimum absolute atomic E-state index is 0.155. The molecule has 3 amide bonds. The Labute approximate surface area is 157 Å². The van der Waals surface area contributed by atoms with E-state index in [4.69, 9.17) is 9.57 Å². The van der Waals surface area contributed by atoms with E-state index in [1.165, 1.54) is 12.1 Å². The van der Waals surface area contributed by atoms with Crippen LogP contribution in [0.3, 0.4) is 0 Å². The summed E-state index contributed by atoms with van der Waals surface area (Å²) in [4.78, 5) is 54.5. The van der Waals surface area contributed by atoms with Crippen molar-refractivity contribution in [1.29, 1.82) is 0 Å². The van der Waals surface area contributed by atoms with Gasteiger partial charge in [0.15, 0.2) is 0 Å². The molecule has 1 aromatic rings. The average molecular weight is 376 g/mol. The van der Waals surface area contributed by atoms with Crippen LogP contribution in [0, 0.1) is 5.41 Å². The maximum Gasteiger partial charge on any atom is 0.408 e. The number of alkyl carbamates (subject to hydrolysis) is 1. The number of nitrogens with zero attached hydrogens (tertiary/aromatic N) is 1. The molecule has 1 aromatic carbocycles. The standard InChI is InChI=1S/C19H24N2O6/c1-18(2,3)13(20-17(25)26-19(4,5)6)16(24)27-21-14(22)11-9-7-8-10-12(11)15(21)23/h7-10,13H,1-6H3,(H,20,25). The van der Waals surface area contributed by atoms with Crippen molar-refractivity contribution in [3.8, 4) is 0 Å². The maximum absolute atomic E-state index is 12.7. The Morgan fingerprint density at radius 2 is 1.44 bits per heavy atom. The molecule has 0 bridgehead atoms. The Bertz CT molecular complexity index is 753. The van der Waals surface area contributed by atoms with E-state index in [2.05, 4.69) is 5.32 Å². The number of fused-ring (bicyclic) bond motifs is 1. The van der Waals surface area contributed by atoms with Crippen LogP contribution in [0.25, 0.3) is 0 Å². The zero-order chi connectivity index (χ0) is 20.6. The zero-order valence-electron chi connectivity index (χ0n) is 16.3. The molecule has 0 saturated carbocycles. The van der Waals surface area contributed by atoms with Crippen molar-refractivity contribution in [3.05, 3.63) is 35.4 Å². The molecule has 0 saturated heterocycles. The van der Waals surface area contributed by atoms with Crippen molar-refractivity contribution in [2.45, 2.75) is 53.2 Å². The number of hydrogen-bond donors (Lipinski definition) is 1. The fourth-order valence-electron chi connectivity index (χ4n) is 2.45. The average Bonchev–Trinajstić information content (AvgIpc) is 2.75. The quantitative estimate of drug-likeness (QED) is 0.814. The molecule has 0 aliphatic carbocycles. The summed E-state index contributed by atoms with van der Waals surface area (Å²) in [5.74, 6) is -2.40. The molecule has 1 heterocycles. The Morgan fingerprint density at radius 3 is 1.85 bits per heavy atom. The van der Waals surface area contributed by atoms with Crippen molar-refractivity contribution in [3.63, 3.8) is 0 Å².